The molecule has 0 bridgehead atoms. The van der Waals surface area contributed by atoms with E-state index in [9.17, 15) is 13.2 Å². The highest BCUT2D eigenvalue weighted by Crippen LogP contribution is 2.46. The molecule has 4 rings (SSSR count). The molecule has 1 aromatic carbocycles. The first-order valence-electron chi connectivity index (χ1n) is 11.9. The van der Waals surface area contributed by atoms with Crippen LogP contribution in [0.25, 0.3) is 0 Å². The molecule has 0 amide bonds. The second-order valence-electron chi connectivity index (χ2n) is 9.74. The third-order valence-electron chi connectivity index (χ3n) is 7.90. The van der Waals surface area contributed by atoms with Crippen molar-refractivity contribution in [1.29, 1.82) is 0 Å². The highest BCUT2D eigenvalue weighted by atomic mass is 19.3. The number of ether oxygens (including phenoxy) is 2. The lowest BCUT2D eigenvalue weighted by molar-refractivity contribution is -0.423. The first-order valence-corrected chi connectivity index (χ1v) is 11.9. The van der Waals surface area contributed by atoms with Crippen LogP contribution in [0.4, 0.5) is 13.2 Å². The van der Waals surface area contributed by atoms with Crippen LogP contribution in [0.1, 0.15) is 81.8 Å². The molecule has 1 aliphatic heterocycles. The van der Waals surface area contributed by atoms with Gasteiger partial charge in [-0.15, -0.1) is 8.78 Å². The maximum atomic E-state index is 14.6. The lowest BCUT2D eigenvalue weighted by atomic mass is 9.67. The summed E-state index contributed by atoms with van der Waals surface area (Å²) in [6.45, 7) is 2.34. The first kappa shape index (κ1) is 22.1. The zero-order valence-corrected chi connectivity index (χ0v) is 18.1. The molecule has 2 aliphatic carbocycles. The van der Waals surface area contributed by atoms with Crippen LogP contribution in [0.5, 0.6) is 0 Å². The summed E-state index contributed by atoms with van der Waals surface area (Å²) in [6.07, 6.45) is 7.61. The minimum atomic E-state index is -3.40. The monoisotopic (exact) mass is 424 g/mol. The molecule has 3 fully saturated rings. The molecule has 0 atom stereocenters. The predicted octanol–water partition coefficient (Wildman–Crippen LogP) is 7.07. The highest BCUT2D eigenvalue weighted by Gasteiger charge is 2.42. The van der Waals surface area contributed by atoms with Crippen LogP contribution in [0.2, 0.25) is 0 Å². The molecule has 1 saturated heterocycles. The molecule has 0 spiro atoms. The lowest BCUT2D eigenvalue weighted by Crippen LogP contribution is -2.41. The summed E-state index contributed by atoms with van der Waals surface area (Å²) in [6, 6.07) is 5.86. The Morgan fingerprint density at radius 1 is 0.833 bits per heavy atom. The van der Waals surface area contributed by atoms with Gasteiger partial charge in [-0.05, 0) is 98.7 Å². The van der Waals surface area contributed by atoms with Gasteiger partial charge in [-0.2, -0.15) is 0 Å². The summed E-state index contributed by atoms with van der Waals surface area (Å²) in [4.78, 5) is 0. The highest BCUT2D eigenvalue weighted by molar-refractivity contribution is 5.27. The summed E-state index contributed by atoms with van der Waals surface area (Å²) < 4.78 is 49.8. The zero-order valence-electron chi connectivity index (χ0n) is 18.1. The van der Waals surface area contributed by atoms with E-state index in [-0.39, 0.29) is 24.9 Å². The summed E-state index contributed by atoms with van der Waals surface area (Å²) in [5, 5.41) is 0. The van der Waals surface area contributed by atoms with Crippen LogP contribution in [0.3, 0.4) is 0 Å². The molecule has 1 aromatic rings. The molecule has 0 aromatic heterocycles. The van der Waals surface area contributed by atoms with Gasteiger partial charge in [0.2, 0.25) is 0 Å². The lowest BCUT2D eigenvalue weighted by Gasteiger charge is -2.41. The van der Waals surface area contributed by atoms with Gasteiger partial charge in [0.05, 0.1) is 13.2 Å². The third kappa shape index (κ3) is 5.21. The molecular weight excluding hydrogens is 389 g/mol. The molecule has 30 heavy (non-hydrogen) atoms. The average Bonchev–Trinajstić information content (AvgIpc) is 2.75. The molecular formula is C25H35F3O2. The topological polar surface area (TPSA) is 18.5 Å². The normalized spacial score (nSPS) is 32.8. The van der Waals surface area contributed by atoms with Crippen molar-refractivity contribution < 1.29 is 22.6 Å². The zero-order chi connectivity index (χ0) is 21.1. The fourth-order valence-electron chi connectivity index (χ4n) is 6.11. The molecule has 2 saturated carbocycles. The van der Waals surface area contributed by atoms with Crippen LogP contribution >= 0.6 is 0 Å². The molecule has 1 heterocycles. The van der Waals surface area contributed by atoms with Gasteiger partial charge in [-0.1, -0.05) is 25.5 Å². The van der Waals surface area contributed by atoms with Crippen molar-refractivity contribution in [2.24, 2.45) is 23.7 Å². The summed E-state index contributed by atoms with van der Waals surface area (Å²) in [7, 11) is 0. The second-order valence-corrected chi connectivity index (χ2v) is 9.74. The number of benzene rings is 1. The maximum Gasteiger partial charge on any atom is 0.485 e. The smallest absolute Gasteiger partial charge is 0.295 e. The standard InChI is InChI=1S/C25H35F3O2/c1-2-3-17-4-13-23(24(26)14-17)21-11-9-19(10-12-21)18-5-7-20(8-6-18)22-15-29-25(27,28)30-16-22/h4,13-14,18-22H,2-3,5-12,15-16H2,1H3. The fraction of sp³-hybridized carbons (Fsp3) is 0.760. The van der Waals surface area contributed by atoms with Gasteiger partial charge in [0.25, 0.3) is 0 Å². The number of halogens is 3. The van der Waals surface area contributed by atoms with E-state index in [0.29, 0.717) is 11.8 Å². The molecule has 5 heteroatoms. The van der Waals surface area contributed by atoms with E-state index in [0.717, 1.165) is 61.5 Å². The minimum absolute atomic E-state index is 0.0209. The number of hydrogen-bond donors (Lipinski definition) is 0. The van der Waals surface area contributed by atoms with Gasteiger partial charge in [0, 0.05) is 5.92 Å². The van der Waals surface area contributed by atoms with Gasteiger partial charge in [-0.3, -0.25) is 9.47 Å². The fourth-order valence-corrected chi connectivity index (χ4v) is 6.11. The quantitative estimate of drug-likeness (QED) is 0.503. The van der Waals surface area contributed by atoms with Crippen LogP contribution < -0.4 is 0 Å². The Kier molecular flexibility index (Phi) is 7.08. The Hall–Kier alpha value is -1.07. The molecule has 168 valence electrons. The van der Waals surface area contributed by atoms with E-state index in [1.165, 1.54) is 25.7 Å². The van der Waals surface area contributed by atoms with Crippen LogP contribution in [0.15, 0.2) is 18.2 Å². The largest absolute Gasteiger partial charge is 0.485 e. The Morgan fingerprint density at radius 2 is 1.37 bits per heavy atom. The van der Waals surface area contributed by atoms with Gasteiger partial charge >= 0.3 is 6.29 Å². The van der Waals surface area contributed by atoms with Gasteiger partial charge < -0.3 is 0 Å². The number of rotatable bonds is 5. The van der Waals surface area contributed by atoms with Crippen LogP contribution in [-0.2, 0) is 15.9 Å². The summed E-state index contributed by atoms with van der Waals surface area (Å²) in [5.41, 5.74) is 2.01. The van der Waals surface area contributed by atoms with Crippen LogP contribution in [0, 0.1) is 29.5 Å². The van der Waals surface area contributed by atoms with Crippen molar-refractivity contribution in [1.82, 2.24) is 0 Å². The van der Waals surface area contributed by atoms with Crippen molar-refractivity contribution in [2.75, 3.05) is 13.2 Å². The maximum absolute atomic E-state index is 14.6. The Labute approximate surface area is 178 Å². The summed E-state index contributed by atoms with van der Waals surface area (Å²) >= 11 is 0. The predicted molar refractivity (Wildman–Crippen MR) is 111 cm³/mol. The molecule has 3 aliphatic rings. The van der Waals surface area contributed by atoms with E-state index < -0.39 is 6.29 Å². The third-order valence-corrected chi connectivity index (χ3v) is 7.90. The van der Waals surface area contributed by atoms with E-state index in [1.807, 2.05) is 6.07 Å². The first-order chi connectivity index (χ1) is 14.4. The number of alkyl halides is 2. The number of hydrogen-bond acceptors (Lipinski definition) is 2. The summed E-state index contributed by atoms with van der Waals surface area (Å²) in [5.74, 6) is 2.32. The van der Waals surface area contributed by atoms with Crippen molar-refractivity contribution >= 4 is 0 Å². The Bertz CT molecular complexity index is 682. The Balaban J connectivity index is 1.24. The van der Waals surface area contributed by atoms with E-state index in [2.05, 4.69) is 22.5 Å². The van der Waals surface area contributed by atoms with E-state index >= 15 is 0 Å². The average molecular weight is 425 g/mol. The van der Waals surface area contributed by atoms with Crippen molar-refractivity contribution in [3.05, 3.63) is 35.1 Å². The minimum Gasteiger partial charge on any atom is -0.295 e. The van der Waals surface area contributed by atoms with Crippen molar-refractivity contribution in [3.63, 3.8) is 0 Å². The number of aryl methyl sites for hydroxylation is 1. The van der Waals surface area contributed by atoms with Gasteiger partial charge in [0.1, 0.15) is 5.82 Å². The van der Waals surface area contributed by atoms with Crippen LogP contribution in [-0.4, -0.2) is 19.5 Å². The van der Waals surface area contributed by atoms with Crippen molar-refractivity contribution in [3.8, 4) is 0 Å². The molecule has 2 nitrogen and oxygen atoms in total. The van der Waals surface area contributed by atoms with Gasteiger partial charge in [-0.25, -0.2) is 4.39 Å². The van der Waals surface area contributed by atoms with E-state index in [4.69, 9.17) is 0 Å². The van der Waals surface area contributed by atoms with Gasteiger partial charge in [0.15, 0.2) is 0 Å². The Morgan fingerprint density at radius 3 is 1.90 bits per heavy atom. The molecule has 0 radical (unpaired) electrons. The SMILES string of the molecule is CCCc1ccc(C2CCC(C3CCC(C4COC(F)(F)OC4)CC3)CC2)c(F)c1. The second kappa shape index (κ2) is 9.60. The van der Waals surface area contributed by atoms with Crippen molar-refractivity contribution in [2.45, 2.75) is 83.3 Å². The molecule has 0 N–H and O–H groups in total. The molecule has 0 unspecified atom stereocenters. The van der Waals surface area contributed by atoms with E-state index in [1.54, 1.807) is 6.07 Å².